The quantitative estimate of drug-likeness (QED) is 0.441. The highest BCUT2D eigenvalue weighted by atomic mass is 16.1. The minimum Gasteiger partial charge on any atom is -0.356 e. The molecule has 0 atom stereocenters. The van der Waals surface area contributed by atoms with E-state index < -0.39 is 0 Å². The van der Waals surface area contributed by atoms with Gasteiger partial charge < -0.3 is 5.32 Å². The number of hydrogen-bond donors (Lipinski definition) is 1. The molecule has 8 nitrogen and oxygen atoms in total. The summed E-state index contributed by atoms with van der Waals surface area (Å²) in [7, 11) is 0. The zero-order valence-corrected chi connectivity index (χ0v) is 18.4. The molecule has 2 aromatic heterocycles. The van der Waals surface area contributed by atoms with Gasteiger partial charge in [-0.05, 0) is 55.7 Å². The van der Waals surface area contributed by atoms with E-state index >= 15 is 0 Å². The molecular weight excluding hydrogens is 402 g/mol. The number of hydrogen-bond acceptors (Lipinski definition) is 5. The van der Waals surface area contributed by atoms with Crippen LogP contribution in [0.15, 0.2) is 60.7 Å². The molecular formula is C24H27N7O. The lowest BCUT2D eigenvalue weighted by atomic mass is 10.1. The van der Waals surface area contributed by atoms with Crippen LogP contribution in [0.25, 0.3) is 17.1 Å². The molecule has 4 rings (SSSR count). The number of aromatic nitrogens is 6. The average molecular weight is 430 g/mol. The smallest absolute Gasteiger partial charge is 0.220 e. The molecule has 2 aromatic carbocycles. The maximum Gasteiger partial charge on any atom is 0.220 e. The second-order valence-electron chi connectivity index (χ2n) is 7.78. The fourth-order valence-electron chi connectivity index (χ4n) is 3.55. The fraction of sp³-hybridized carbons (Fsp3) is 0.292. The van der Waals surface area contributed by atoms with Gasteiger partial charge in [-0.25, -0.2) is 4.68 Å². The Morgan fingerprint density at radius 1 is 1.00 bits per heavy atom. The molecule has 0 radical (unpaired) electrons. The first-order valence-electron chi connectivity index (χ1n) is 10.8. The molecule has 8 heteroatoms. The topological polar surface area (TPSA) is 90.5 Å². The van der Waals surface area contributed by atoms with Crippen LogP contribution in [-0.4, -0.2) is 42.4 Å². The Kier molecular flexibility index (Phi) is 6.69. The van der Waals surface area contributed by atoms with Crippen LogP contribution in [0.1, 0.15) is 29.8 Å². The van der Waals surface area contributed by atoms with E-state index in [1.54, 1.807) is 4.80 Å². The number of carbonyl (C=O) groups excluding carboxylic acids is 1. The molecule has 0 saturated heterocycles. The summed E-state index contributed by atoms with van der Waals surface area (Å²) in [5.41, 5.74) is 5.26. The number of tetrazole rings is 1. The minimum absolute atomic E-state index is 0.0349. The third-order valence-electron chi connectivity index (χ3n) is 5.17. The van der Waals surface area contributed by atoms with E-state index in [9.17, 15) is 4.79 Å². The number of rotatable bonds is 9. The lowest BCUT2D eigenvalue weighted by Crippen LogP contribution is -2.25. The number of nitrogens with zero attached hydrogens (tertiary/aromatic N) is 6. The van der Waals surface area contributed by atoms with Crippen molar-refractivity contribution in [3.05, 3.63) is 77.6 Å². The predicted molar refractivity (Wildman–Crippen MR) is 122 cm³/mol. The standard InChI is InChI=1S/C24H27N7O/c1-18-17-19(2)31(27-18)22-12-10-20(11-13-22)14-15-25-23(32)9-6-16-30-28-24(26-29-30)21-7-4-3-5-8-21/h3-5,7-8,10-13,17H,6,9,14-16H2,1-2H3,(H,25,32). The van der Waals surface area contributed by atoms with E-state index in [0.717, 1.165) is 29.1 Å². The number of nitrogens with one attached hydrogen (secondary N) is 1. The van der Waals surface area contributed by atoms with Crippen molar-refractivity contribution in [3.63, 3.8) is 0 Å². The summed E-state index contributed by atoms with van der Waals surface area (Å²) in [6, 6.07) is 20.1. The van der Waals surface area contributed by atoms with Gasteiger partial charge in [-0.2, -0.15) is 9.90 Å². The Morgan fingerprint density at radius 2 is 1.78 bits per heavy atom. The van der Waals surface area contributed by atoms with E-state index in [4.69, 9.17) is 0 Å². The van der Waals surface area contributed by atoms with Crippen molar-refractivity contribution in [2.24, 2.45) is 0 Å². The van der Waals surface area contributed by atoms with Crippen LogP contribution in [0, 0.1) is 13.8 Å². The van der Waals surface area contributed by atoms with Crippen LogP contribution in [0.3, 0.4) is 0 Å². The lowest BCUT2D eigenvalue weighted by molar-refractivity contribution is -0.121. The van der Waals surface area contributed by atoms with Gasteiger partial charge in [0.05, 0.1) is 17.9 Å². The van der Waals surface area contributed by atoms with Crippen molar-refractivity contribution < 1.29 is 4.79 Å². The summed E-state index contributed by atoms with van der Waals surface area (Å²) in [5, 5.41) is 20.0. The zero-order valence-electron chi connectivity index (χ0n) is 18.4. The molecule has 0 aliphatic heterocycles. The molecule has 0 spiro atoms. The molecule has 0 fully saturated rings. The second kappa shape index (κ2) is 10.00. The number of benzene rings is 2. The van der Waals surface area contributed by atoms with Crippen molar-refractivity contribution in [1.82, 2.24) is 35.3 Å². The monoisotopic (exact) mass is 429 g/mol. The summed E-state index contributed by atoms with van der Waals surface area (Å²) in [4.78, 5) is 13.7. The molecule has 0 aliphatic rings. The molecule has 1 N–H and O–H groups in total. The van der Waals surface area contributed by atoms with Crippen molar-refractivity contribution in [3.8, 4) is 17.1 Å². The van der Waals surface area contributed by atoms with Gasteiger partial charge in [0, 0.05) is 24.2 Å². The Bertz CT molecular complexity index is 1160. The Hall–Kier alpha value is -3.81. The van der Waals surface area contributed by atoms with Crippen molar-refractivity contribution in [2.45, 2.75) is 39.7 Å². The van der Waals surface area contributed by atoms with Crippen LogP contribution in [-0.2, 0) is 17.8 Å². The lowest BCUT2D eigenvalue weighted by Gasteiger charge is -2.08. The number of amides is 1. The van der Waals surface area contributed by atoms with Gasteiger partial charge >= 0.3 is 0 Å². The van der Waals surface area contributed by atoms with Gasteiger partial charge in [-0.15, -0.1) is 10.2 Å². The summed E-state index contributed by atoms with van der Waals surface area (Å²) in [6.07, 6.45) is 1.88. The Morgan fingerprint density at radius 3 is 2.50 bits per heavy atom. The van der Waals surface area contributed by atoms with Crippen molar-refractivity contribution in [2.75, 3.05) is 6.54 Å². The van der Waals surface area contributed by atoms with Crippen LogP contribution >= 0.6 is 0 Å². The van der Waals surface area contributed by atoms with Gasteiger partial charge in [-0.1, -0.05) is 42.5 Å². The Labute approximate surface area is 187 Å². The van der Waals surface area contributed by atoms with Gasteiger partial charge in [-0.3, -0.25) is 4.79 Å². The Balaban J connectivity index is 1.17. The largest absolute Gasteiger partial charge is 0.356 e. The number of aryl methyl sites for hydroxylation is 3. The maximum atomic E-state index is 12.1. The van der Waals surface area contributed by atoms with Crippen LogP contribution < -0.4 is 5.32 Å². The predicted octanol–water partition coefficient (Wildman–Crippen LogP) is 3.28. The first kappa shape index (κ1) is 21.4. The number of carbonyl (C=O) groups is 1. The summed E-state index contributed by atoms with van der Waals surface area (Å²) in [6.45, 7) is 5.20. The van der Waals surface area contributed by atoms with Gasteiger partial charge in [0.2, 0.25) is 11.7 Å². The van der Waals surface area contributed by atoms with Gasteiger partial charge in [0.1, 0.15) is 0 Å². The van der Waals surface area contributed by atoms with Crippen LogP contribution in [0.4, 0.5) is 0 Å². The average Bonchev–Trinajstić information content (AvgIpc) is 3.41. The molecule has 0 aliphatic carbocycles. The summed E-state index contributed by atoms with van der Waals surface area (Å²) in [5.74, 6) is 0.631. The third kappa shape index (κ3) is 5.46. The fourth-order valence-corrected chi connectivity index (χ4v) is 3.55. The van der Waals surface area contributed by atoms with Gasteiger partial charge in [0.15, 0.2) is 0 Å². The molecule has 1 amide bonds. The van der Waals surface area contributed by atoms with E-state index in [1.807, 2.05) is 48.9 Å². The molecule has 4 aromatic rings. The van der Waals surface area contributed by atoms with Crippen molar-refractivity contribution >= 4 is 5.91 Å². The van der Waals surface area contributed by atoms with E-state index in [1.165, 1.54) is 5.56 Å². The van der Waals surface area contributed by atoms with E-state index in [0.29, 0.717) is 31.8 Å². The highest BCUT2D eigenvalue weighted by Crippen LogP contribution is 2.14. The molecule has 0 saturated carbocycles. The summed E-state index contributed by atoms with van der Waals surface area (Å²) >= 11 is 0. The molecule has 32 heavy (non-hydrogen) atoms. The maximum absolute atomic E-state index is 12.1. The van der Waals surface area contributed by atoms with E-state index in [-0.39, 0.29) is 5.91 Å². The van der Waals surface area contributed by atoms with Gasteiger partial charge in [0.25, 0.3) is 0 Å². The van der Waals surface area contributed by atoms with Crippen LogP contribution in [0.5, 0.6) is 0 Å². The first-order valence-corrected chi connectivity index (χ1v) is 10.8. The highest BCUT2D eigenvalue weighted by Gasteiger charge is 2.07. The SMILES string of the molecule is Cc1cc(C)n(-c2ccc(CCNC(=O)CCCn3nnc(-c4ccccc4)n3)cc2)n1. The van der Waals surface area contributed by atoms with Crippen molar-refractivity contribution in [1.29, 1.82) is 0 Å². The zero-order chi connectivity index (χ0) is 22.3. The minimum atomic E-state index is 0.0349. The van der Waals surface area contributed by atoms with E-state index in [2.05, 4.69) is 56.2 Å². The first-order chi connectivity index (χ1) is 15.6. The highest BCUT2D eigenvalue weighted by molar-refractivity contribution is 5.75. The molecule has 164 valence electrons. The molecule has 0 bridgehead atoms. The third-order valence-corrected chi connectivity index (χ3v) is 5.17. The normalized spacial score (nSPS) is 10.9. The molecule has 2 heterocycles. The second-order valence-corrected chi connectivity index (χ2v) is 7.78. The van der Waals surface area contributed by atoms with Crippen LogP contribution in [0.2, 0.25) is 0 Å². The molecule has 0 unspecified atom stereocenters. The summed E-state index contributed by atoms with van der Waals surface area (Å²) < 4.78 is 1.94.